The van der Waals surface area contributed by atoms with E-state index in [1.807, 2.05) is 32.3 Å². The summed E-state index contributed by atoms with van der Waals surface area (Å²) in [5, 5.41) is 15.7. The third-order valence-corrected chi connectivity index (χ3v) is 8.54. The molecular weight excluding hydrogens is 476 g/mol. The predicted octanol–water partition coefficient (Wildman–Crippen LogP) is 5.24. The van der Waals surface area contributed by atoms with Crippen LogP contribution in [0.2, 0.25) is 0 Å². The Hall–Kier alpha value is -3.27. The molecule has 3 heterocycles. The first-order valence-corrected chi connectivity index (χ1v) is 13.5. The predicted molar refractivity (Wildman–Crippen MR) is 142 cm³/mol. The minimum Gasteiger partial charge on any atom is -0.481 e. The number of benzene rings is 1. The maximum Gasteiger partial charge on any atom is 0.321 e. The molecule has 1 aromatic carbocycles. The Labute approximate surface area is 214 Å². The first-order valence-electron chi connectivity index (χ1n) is 12.7. The molecule has 2 aliphatic rings. The summed E-state index contributed by atoms with van der Waals surface area (Å²) in [6, 6.07) is 4.04. The fourth-order valence-electron chi connectivity index (χ4n) is 5.17. The van der Waals surface area contributed by atoms with Gasteiger partial charge < -0.3 is 15.3 Å². The monoisotopic (exact) mass is 508 g/mol. The van der Waals surface area contributed by atoms with Gasteiger partial charge in [-0.25, -0.2) is 19.7 Å². The summed E-state index contributed by atoms with van der Waals surface area (Å²) in [6.07, 6.45) is 9.61. The summed E-state index contributed by atoms with van der Waals surface area (Å²) in [5.74, 6) is 0.380. The minimum atomic E-state index is -0.738. The second-order valence-corrected chi connectivity index (χ2v) is 11.0. The number of thiazole rings is 1. The third-order valence-electron chi connectivity index (χ3n) is 7.51. The Balaban J connectivity index is 1.42. The number of fused-ring (bicyclic) bond motifs is 1. The molecule has 0 atom stereocenters. The molecule has 1 saturated heterocycles. The zero-order valence-corrected chi connectivity index (χ0v) is 21.5. The van der Waals surface area contributed by atoms with Crippen molar-refractivity contribution in [3.8, 4) is 11.1 Å². The van der Waals surface area contributed by atoms with Crippen LogP contribution in [-0.2, 0) is 4.79 Å². The molecule has 0 radical (unpaired) electrons. The van der Waals surface area contributed by atoms with Crippen LogP contribution in [0.4, 0.5) is 15.9 Å². The number of aliphatic carboxylic acids is 1. The second-order valence-electron chi connectivity index (χ2n) is 10.0. The van der Waals surface area contributed by atoms with E-state index in [2.05, 4.69) is 31.6 Å². The van der Waals surface area contributed by atoms with Gasteiger partial charge in [0.15, 0.2) is 5.13 Å². The Kier molecular flexibility index (Phi) is 6.79. The summed E-state index contributed by atoms with van der Waals surface area (Å²) >= 11 is 1.53. The molecule has 2 fully saturated rings. The van der Waals surface area contributed by atoms with Crippen molar-refractivity contribution >= 4 is 44.6 Å². The van der Waals surface area contributed by atoms with Crippen molar-refractivity contribution in [1.29, 1.82) is 0 Å². The van der Waals surface area contributed by atoms with Crippen LogP contribution in [0.5, 0.6) is 0 Å². The molecule has 5 rings (SSSR count). The van der Waals surface area contributed by atoms with E-state index in [0.717, 1.165) is 34.2 Å². The van der Waals surface area contributed by atoms with E-state index < -0.39 is 11.4 Å². The molecule has 0 unspecified atom stereocenters. The summed E-state index contributed by atoms with van der Waals surface area (Å²) < 4.78 is 1.13. The standard InChI is InChI=1S/C26H32N6O3S/c1-3-27-24(35)31-25-30-20-13-17(12-19(21(20)36-25)16-6-4-5-7-16)18-14-28-23(29-15-18)32-10-8-26(2,9-11-32)22(33)34/h12-16H,3-11H2,1-2H3,(H,33,34)(H2,27,30,31,35). The van der Waals surface area contributed by atoms with Crippen LogP contribution in [0.1, 0.15) is 63.9 Å². The number of nitrogens with zero attached hydrogens (tertiary/aromatic N) is 4. The van der Waals surface area contributed by atoms with Crippen molar-refractivity contribution in [2.75, 3.05) is 29.9 Å². The van der Waals surface area contributed by atoms with E-state index in [0.29, 0.717) is 49.5 Å². The average Bonchev–Trinajstić information content (AvgIpc) is 3.54. The van der Waals surface area contributed by atoms with Gasteiger partial charge in [0.2, 0.25) is 5.95 Å². The van der Waals surface area contributed by atoms with Gasteiger partial charge >= 0.3 is 12.0 Å². The minimum absolute atomic E-state index is 0.246. The maximum atomic E-state index is 12.0. The number of carbonyl (C=O) groups is 2. The van der Waals surface area contributed by atoms with Gasteiger partial charge in [-0.05, 0) is 68.7 Å². The number of carboxylic acid groups (broad SMARTS) is 1. The molecule has 1 aliphatic heterocycles. The number of aromatic nitrogens is 3. The highest BCUT2D eigenvalue weighted by Gasteiger charge is 2.37. The Bertz CT molecular complexity index is 1260. The number of piperidine rings is 1. The van der Waals surface area contributed by atoms with Crippen molar-refractivity contribution in [1.82, 2.24) is 20.3 Å². The molecule has 3 N–H and O–H groups in total. The molecule has 1 aliphatic carbocycles. The first kappa shape index (κ1) is 24.4. The van der Waals surface area contributed by atoms with Crippen molar-refractivity contribution in [2.24, 2.45) is 5.41 Å². The number of hydrogen-bond donors (Lipinski definition) is 3. The Morgan fingerprint density at radius 2 is 1.83 bits per heavy atom. The summed E-state index contributed by atoms with van der Waals surface area (Å²) in [6.45, 7) is 5.50. The van der Waals surface area contributed by atoms with E-state index >= 15 is 0 Å². The lowest BCUT2D eigenvalue weighted by Crippen LogP contribution is -2.43. The Morgan fingerprint density at radius 1 is 1.14 bits per heavy atom. The quantitative estimate of drug-likeness (QED) is 0.416. The number of rotatable bonds is 6. The molecule has 9 nitrogen and oxygen atoms in total. The third kappa shape index (κ3) is 4.86. The molecule has 10 heteroatoms. The molecular formula is C26H32N6O3S. The normalized spacial score (nSPS) is 17.9. The molecule has 0 bridgehead atoms. The van der Waals surface area contributed by atoms with Crippen LogP contribution in [0.3, 0.4) is 0 Å². The van der Waals surface area contributed by atoms with Crippen LogP contribution < -0.4 is 15.5 Å². The number of carboxylic acids is 1. The lowest BCUT2D eigenvalue weighted by atomic mass is 9.80. The largest absolute Gasteiger partial charge is 0.481 e. The second kappa shape index (κ2) is 10.0. The summed E-state index contributed by atoms with van der Waals surface area (Å²) in [5.41, 5.74) is 3.41. The zero-order chi connectivity index (χ0) is 25.3. The topological polar surface area (TPSA) is 120 Å². The van der Waals surface area contributed by atoms with E-state index in [1.54, 1.807) is 0 Å². The van der Waals surface area contributed by atoms with Crippen molar-refractivity contribution in [2.45, 2.75) is 58.3 Å². The van der Waals surface area contributed by atoms with Gasteiger partial charge in [-0.3, -0.25) is 10.1 Å². The van der Waals surface area contributed by atoms with E-state index in [-0.39, 0.29) is 6.03 Å². The van der Waals surface area contributed by atoms with E-state index in [1.165, 1.54) is 29.7 Å². The lowest BCUT2D eigenvalue weighted by Gasteiger charge is -2.36. The fourth-order valence-corrected chi connectivity index (χ4v) is 6.20. The van der Waals surface area contributed by atoms with Crippen LogP contribution in [0.25, 0.3) is 21.3 Å². The highest BCUT2D eigenvalue weighted by molar-refractivity contribution is 7.22. The first-order chi connectivity index (χ1) is 17.4. The van der Waals surface area contributed by atoms with E-state index in [4.69, 9.17) is 4.98 Å². The average molecular weight is 509 g/mol. The molecule has 0 spiro atoms. The molecule has 3 aromatic rings. The zero-order valence-electron chi connectivity index (χ0n) is 20.7. The lowest BCUT2D eigenvalue weighted by molar-refractivity contribution is -0.149. The van der Waals surface area contributed by atoms with Crippen LogP contribution in [0, 0.1) is 5.41 Å². The number of nitrogens with one attached hydrogen (secondary N) is 2. The summed E-state index contributed by atoms with van der Waals surface area (Å²) in [7, 11) is 0. The highest BCUT2D eigenvalue weighted by Crippen LogP contribution is 2.42. The van der Waals surface area contributed by atoms with Crippen LogP contribution in [-0.4, -0.2) is 51.7 Å². The smallest absolute Gasteiger partial charge is 0.321 e. The number of amides is 2. The van der Waals surface area contributed by atoms with Gasteiger partial charge in [-0.15, -0.1) is 0 Å². The number of carbonyl (C=O) groups excluding carboxylic acids is 1. The van der Waals surface area contributed by atoms with Crippen molar-refractivity contribution in [3.63, 3.8) is 0 Å². The van der Waals surface area contributed by atoms with Gasteiger partial charge in [0.05, 0.1) is 15.6 Å². The molecule has 2 amide bonds. The molecule has 2 aromatic heterocycles. The molecule has 190 valence electrons. The van der Waals surface area contributed by atoms with Gasteiger partial charge in [0.25, 0.3) is 0 Å². The van der Waals surface area contributed by atoms with Gasteiger partial charge in [-0.2, -0.15) is 0 Å². The number of hydrogen-bond acceptors (Lipinski definition) is 7. The van der Waals surface area contributed by atoms with Crippen LogP contribution >= 0.6 is 11.3 Å². The van der Waals surface area contributed by atoms with Gasteiger partial charge in [-0.1, -0.05) is 24.2 Å². The Morgan fingerprint density at radius 3 is 2.47 bits per heavy atom. The van der Waals surface area contributed by atoms with Crippen molar-refractivity contribution in [3.05, 3.63) is 30.1 Å². The molecule has 1 saturated carbocycles. The number of urea groups is 1. The maximum absolute atomic E-state index is 12.0. The fraction of sp³-hybridized carbons (Fsp3) is 0.500. The number of anilines is 2. The van der Waals surface area contributed by atoms with Crippen molar-refractivity contribution < 1.29 is 14.7 Å². The highest BCUT2D eigenvalue weighted by atomic mass is 32.1. The molecule has 36 heavy (non-hydrogen) atoms. The van der Waals surface area contributed by atoms with E-state index in [9.17, 15) is 14.7 Å². The van der Waals surface area contributed by atoms with Gasteiger partial charge in [0.1, 0.15) is 0 Å². The SMILES string of the molecule is CCNC(=O)Nc1nc2cc(-c3cnc(N4CCC(C)(C(=O)O)CC4)nc3)cc(C3CCCC3)c2s1. The summed E-state index contributed by atoms with van der Waals surface area (Å²) in [4.78, 5) is 39.6. The van der Waals surface area contributed by atoms with Gasteiger partial charge in [0, 0.05) is 37.6 Å². The van der Waals surface area contributed by atoms with Crippen LogP contribution in [0.15, 0.2) is 24.5 Å².